The van der Waals surface area contributed by atoms with Crippen molar-refractivity contribution in [3.63, 3.8) is 0 Å². The van der Waals surface area contributed by atoms with Crippen molar-refractivity contribution in [3.05, 3.63) is 45.4 Å². The van der Waals surface area contributed by atoms with Crippen LogP contribution in [0.1, 0.15) is 49.9 Å². The second-order valence-electron chi connectivity index (χ2n) is 7.05. The van der Waals surface area contributed by atoms with Gasteiger partial charge in [0.2, 0.25) is 0 Å². The van der Waals surface area contributed by atoms with Gasteiger partial charge in [-0.1, -0.05) is 32.4 Å². The number of fused-ring (bicyclic) bond motifs is 3. The number of pyridine rings is 1. The minimum atomic E-state index is -0.00421. The van der Waals surface area contributed by atoms with Crippen molar-refractivity contribution in [2.75, 3.05) is 0 Å². The van der Waals surface area contributed by atoms with E-state index in [-0.39, 0.29) is 11.3 Å². The summed E-state index contributed by atoms with van der Waals surface area (Å²) in [6.07, 6.45) is 5.71. The molecule has 1 aliphatic rings. The third-order valence-electron chi connectivity index (χ3n) is 5.41. The molecular weight excluding hydrogens is 286 g/mol. The first-order chi connectivity index (χ1) is 11.1. The van der Waals surface area contributed by atoms with Crippen LogP contribution in [0.4, 0.5) is 0 Å². The Morgan fingerprint density at radius 2 is 2.09 bits per heavy atom. The highest BCUT2D eigenvalue weighted by molar-refractivity contribution is 6.02. The molecule has 0 bridgehead atoms. The Morgan fingerprint density at radius 1 is 1.30 bits per heavy atom. The third kappa shape index (κ3) is 1.99. The first kappa shape index (κ1) is 14.6. The molecule has 0 fully saturated rings. The van der Waals surface area contributed by atoms with Crippen molar-refractivity contribution in [2.24, 2.45) is 5.92 Å². The Kier molecular flexibility index (Phi) is 3.33. The zero-order chi connectivity index (χ0) is 16.1. The van der Waals surface area contributed by atoms with E-state index in [1.165, 1.54) is 11.3 Å². The number of nitrogens with zero attached hydrogens (tertiary/aromatic N) is 1. The highest BCUT2D eigenvalue weighted by Gasteiger charge is 2.26. The van der Waals surface area contributed by atoms with Gasteiger partial charge in [0.1, 0.15) is 5.75 Å². The van der Waals surface area contributed by atoms with E-state index >= 15 is 0 Å². The molecule has 23 heavy (non-hydrogen) atoms. The summed E-state index contributed by atoms with van der Waals surface area (Å²) in [5.41, 5.74) is 4.00. The monoisotopic (exact) mass is 309 g/mol. The van der Waals surface area contributed by atoms with E-state index in [1.807, 2.05) is 16.5 Å². The van der Waals surface area contributed by atoms with E-state index in [0.717, 1.165) is 48.4 Å². The molecule has 0 unspecified atom stereocenters. The fraction of sp³-hybridized carbons (Fsp3) is 0.450. The zero-order valence-electron chi connectivity index (χ0n) is 13.9. The number of rotatable bonds is 3. The lowest BCUT2D eigenvalue weighted by atomic mass is 9.88. The largest absolute Gasteiger partial charge is 0.507 e. The number of para-hydroxylation sites is 1. The van der Waals surface area contributed by atoms with Crippen molar-refractivity contribution in [1.29, 1.82) is 0 Å². The molecule has 3 nitrogen and oxygen atoms in total. The van der Waals surface area contributed by atoms with Crippen LogP contribution in [0.25, 0.3) is 16.3 Å². The predicted octanol–water partition coefficient (Wildman–Crippen LogP) is 4.06. The van der Waals surface area contributed by atoms with Crippen LogP contribution in [-0.2, 0) is 19.3 Å². The molecule has 1 N–H and O–H groups in total. The van der Waals surface area contributed by atoms with E-state index < -0.39 is 0 Å². The molecule has 1 atom stereocenters. The van der Waals surface area contributed by atoms with Crippen LogP contribution in [-0.4, -0.2) is 9.51 Å². The molecule has 0 amide bonds. The third-order valence-corrected chi connectivity index (χ3v) is 5.41. The van der Waals surface area contributed by atoms with E-state index in [2.05, 4.69) is 19.9 Å². The number of aromatic hydroxyl groups is 1. The van der Waals surface area contributed by atoms with Crippen molar-refractivity contribution < 1.29 is 5.11 Å². The maximum absolute atomic E-state index is 13.1. The van der Waals surface area contributed by atoms with Gasteiger partial charge in [-0.25, -0.2) is 0 Å². The smallest absolute Gasteiger partial charge is 0.262 e. The van der Waals surface area contributed by atoms with Crippen molar-refractivity contribution in [3.8, 4) is 5.75 Å². The standard InChI is InChI=1S/C20H23NO2/c1-3-4-6-15-19(22)14-8-5-7-13-16-11-12(2)9-10-17(16)21(18(13)14)20(15)23/h5,7-8,12,22H,3-4,6,9-11H2,1-2H3/t12-/m1/s1. The molecule has 3 aromatic rings. The molecule has 0 radical (unpaired) electrons. The summed E-state index contributed by atoms with van der Waals surface area (Å²) >= 11 is 0. The fourth-order valence-electron chi connectivity index (χ4n) is 4.17. The van der Waals surface area contributed by atoms with E-state index in [1.54, 1.807) is 0 Å². The Morgan fingerprint density at radius 3 is 2.87 bits per heavy atom. The summed E-state index contributed by atoms with van der Waals surface area (Å²) < 4.78 is 1.91. The highest BCUT2D eigenvalue weighted by Crippen LogP contribution is 2.38. The number of benzene rings is 1. The van der Waals surface area contributed by atoms with Crippen LogP contribution in [0.2, 0.25) is 0 Å². The van der Waals surface area contributed by atoms with E-state index in [4.69, 9.17) is 0 Å². The second kappa shape index (κ2) is 5.26. The molecule has 4 rings (SSSR count). The number of hydrogen-bond acceptors (Lipinski definition) is 2. The predicted molar refractivity (Wildman–Crippen MR) is 93.8 cm³/mol. The highest BCUT2D eigenvalue weighted by atomic mass is 16.3. The van der Waals surface area contributed by atoms with Crippen LogP contribution < -0.4 is 5.56 Å². The molecule has 0 spiro atoms. The lowest BCUT2D eigenvalue weighted by Gasteiger charge is -2.19. The molecule has 2 heterocycles. The summed E-state index contributed by atoms with van der Waals surface area (Å²) in [6.45, 7) is 4.38. The number of unbranched alkanes of at least 4 members (excludes halogenated alkanes) is 1. The normalized spacial score (nSPS) is 17.9. The number of aromatic nitrogens is 1. The zero-order valence-corrected chi connectivity index (χ0v) is 13.9. The Bertz CT molecular complexity index is 938. The van der Waals surface area contributed by atoms with Crippen LogP contribution in [0, 0.1) is 5.92 Å². The van der Waals surface area contributed by atoms with Crippen LogP contribution in [0.5, 0.6) is 5.75 Å². The van der Waals surface area contributed by atoms with Gasteiger partial charge in [0.15, 0.2) is 0 Å². The lowest BCUT2D eigenvalue weighted by Crippen LogP contribution is -2.22. The maximum atomic E-state index is 13.1. The Labute approximate surface area is 135 Å². The van der Waals surface area contributed by atoms with Crippen molar-refractivity contribution in [2.45, 2.75) is 52.4 Å². The van der Waals surface area contributed by atoms with E-state index in [0.29, 0.717) is 17.9 Å². The van der Waals surface area contributed by atoms with Gasteiger partial charge in [-0.2, -0.15) is 0 Å². The first-order valence-corrected chi connectivity index (χ1v) is 8.75. The summed E-state index contributed by atoms with van der Waals surface area (Å²) in [4.78, 5) is 13.1. The quantitative estimate of drug-likeness (QED) is 0.792. The SMILES string of the molecule is CCCCc1c(O)c2cccc3c4c(n(c1=O)c23)CC[C@@H](C)C4. The van der Waals surface area contributed by atoms with E-state index in [9.17, 15) is 9.90 Å². The van der Waals surface area contributed by atoms with Gasteiger partial charge >= 0.3 is 0 Å². The lowest BCUT2D eigenvalue weighted by molar-refractivity contribution is 0.470. The van der Waals surface area contributed by atoms with Crippen molar-refractivity contribution >= 4 is 16.3 Å². The van der Waals surface area contributed by atoms with Gasteiger partial charge in [0.25, 0.3) is 5.56 Å². The first-order valence-electron chi connectivity index (χ1n) is 8.75. The number of aryl methyl sites for hydroxylation is 1. The Balaban J connectivity index is 2.12. The summed E-state index contributed by atoms with van der Waals surface area (Å²) in [5.74, 6) is 0.853. The van der Waals surface area contributed by atoms with Gasteiger partial charge in [-0.15, -0.1) is 0 Å². The van der Waals surface area contributed by atoms with Crippen LogP contribution in [0.15, 0.2) is 23.0 Å². The minimum Gasteiger partial charge on any atom is -0.507 e. The van der Waals surface area contributed by atoms with Gasteiger partial charge in [0, 0.05) is 16.5 Å². The average molecular weight is 309 g/mol. The summed E-state index contributed by atoms with van der Waals surface area (Å²) in [6, 6.07) is 6.05. The van der Waals surface area contributed by atoms with Gasteiger partial charge in [0.05, 0.1) is 11.1 Å². The minimum absolute atomic E-state index is 0.00421. The molecule has 0 saturated carbocycles. The molecule has 1 aliphatic carbocycles. The average Bonchev–Trinajstić information content (AvgIpc) is 2.87. The van der Waals surface area contributed by atoms with Crippen LogP contribution >= 0.6 is 0 Å². The van der Waals surface area contributed by atoms with Crippen LogP contribution in [0.3, 0.4) is 0 Å². The molecule has 3 heteroatoms. The molecule has 1 aromatic carbocycles. The molecule has 120 valence electrons. The second-order valence-corrected chi connectivity index (χ2v) is 7.05. The van der Waals surface area contributed by atoms with Gasteiger partial charge < -0.3 is 5.11 Å². The molecular formula is C20H23NO2. The molecule has 0 aliphatic heterocycles. The van der Waals surface area contributed by atoms with Crippen molar-refractivity contribution in [1.82, 2.24) is 4.40 Å². The van der Waals surface area contributed by atoms with Gasteiger partial charge in [-0.05, 0) is 49.7 Å². The molecule has 2 aromatic heterocycles. The summed E-state index contributed by atoms with van der Waals surface area (Å²) in [5, 5.41) is 12.7. The summed E-state index contributed by atoms with van der Waals surface area (Å²) in [7, 11) is 0. The molecule has 0 saturated heterocycles. The topological polar surface area (TPSA) is 41.7 Å². The Hall–Kier alpha value is -2.03. The fourth-order valence-corrected chi connectivity index (χ4v) is 4.17. The maximum Gasteiger partial charge on any atom is 0.262 e. The van der Waals surface area contributed by atoms with Gasteiger partial charge in [-0.3, -0.25) is 9.20 Å². The number of hydrogen-bond donors (Lipinski definition) is 1.